The largest absolute Gasteiger partial charge is 0.369 e. The van der Waals surface area contributed by atoms with Crippen LogP contribution < -0.4 is 10.6 Å². The van der Waals surface area contributed by atoms with Gasteiger partial charge in [-0.05, 0) is 6.92 Å². The van der Waals surface area contributed by atoms with Crippen LogP contribution in [0.5, 0.6) is 0 Å². The van der Waals surface area contributed by atoms with Crippen LogP contribution in [0, 0.1) is 6.92 Å². The highest BCUT2D eigenvalue weighted by Crippen LogP contribution is 2.11. The molecular weight excluding hydrogens is 220 g/mol. The Morgan fingerprint density at radius 1 is 1.35 bits per heavy atom. The van der Waals surface area contributed by atoms with Crippen molar-refractivity contribution >= 4 is 11.8 Å². The van der Waals surface area contributed by atoms with Gasteiger partial charge in [0.2, 0.25) is 12.3 Å². The molecule has 7 heteroatoms. The Labute approximate surface area is 98.7 Å². The third-order valence-corrected chi connectivity index (χ3v) is 2.24. The van der Waals surface area contributed by atoms with Crippen LogP contribution in [0.3, 0.4) is 0 Å². The fraction of sp³-hybridized carbons (Fsp3) is 0.400. The van der Waals surface area contributed by atoms with Crippen LogP contribution in [-0.4, -0.2) is 33.7 Å². The molecule has 2 rings (SSSR count). The third kappa shape index (κ3) is 2.90. The fourth-order valence-electron chi connectivity index (χ4n) is 1.34. The zero-order chi connectivity index (χ0) is 12.1. The molecule has 2 aromatic rings. The van der Waals surface area contributed by atoms with E-state index in [1.165, 1.54) is 6.39 Å². The summed E-state index contributed by atoms with van der Waals surface area (Å²) in [5.41, 5.74) is 0.997. The lowest BCUT2D eigenvalue weighted by molar-refractivity contribution is 0.410. The minimum Gasteiger partial charge on any atom is -0.369 e. The van der Waals surface area contributed by atoms with E-state index in [4.69, 9.17) is 0 Å². The molecule has 0 saturated carbocycles. The molecule has 0 amide bonds. The van der Waals surface area contributed by atoms with Crippen LogP contribution >= 0.6 is 0 Å². The molecule has 90 valence electrons. The summed E-state index contributed by atoms with van der Waals surface area (Å²) in [4.78, 5) is 12.4. The smallest absolute Gasteiger partial charge is 0.224 e. The second-order valence-electron chi connectivity index (χ2n) is 3.50. The van der Waals surface area contributed by atoms with Gasteiger partial charge in [-0.2, -0.15) is 9.97 Å². The molecule has 0 unspecified atom stereocenters. The standard InChI is InChI=1S/C10H14N6O/c1-7-5-13-10(11-2)15-9(7)12-4-3-8-14-6-17-16-8/h5-6H,3-4H2,1-2H3,(H2,11,12,13,15). The number of anilines is 2. The van der Waals surface area contributed by atoms with Gasteiger partial charge in [0.1, 0.15) is 5.82 Å². The average molecular weight is 234 g/mol. The first-order chi connectivity index (χ1) is 8.29. The van der Waals surface area contributed by atoms with Crippen LogP contribution in [0.15, 0.2) is 17.1 Å². The summed E-state index contributed by atoms with van der Waals surface area (Å²) in [6.07, 6.45) is 3.79. The molecule has 2 heterocycles. The molecule has 0 fully saturated rings. The topological polar surface area (TPSA) is 88.8 Å². The maximum absolute atomic E-state index is 4.65. The van der Waals surface area contributed by atoms with Gasteiger partial charge in [0.15, 0.2) is 5.82 Å². The van der Waals surface area contributed by atoms with Gasteiger partial charge in [0, 0.05) is 31.8 Å². The van der Waals surface area contributed by atoms with Gasteiger partial charge >= 0.3 is 0 Å². The van der Waals surface area contributed by atoms with E-state index in [-0.39, 0.29) is 0 Å². The Morgan fingerprint density at radius 2 is 2.24 bits per heavy atom. The van der Waals surface area contributed by atoms with E-state index < -0.39 is 0 Å². The molecule has 0 radical (unpaired) electrons. The van der Waals surface area contributed by atoms with Crippen molar-refractivity contribution in [1.82, 2.24) is 20.1 Å². The predicted molar refractivity (Wildman–Crippen MR) is 62.8 cm³/mol. The second-order valence-corrected chi connectivity index (χ2v) is 3.50. The van der Waals surface area contributed by atoms with E-state index in [9.17, 15) is 0 Å². The number of hydrogen-bond acceptors (Lipinski definition) is 7. The summed E-state index contributed by atoms with van der Waals surface area (Å²) in [6, 6.07) is 0. The molecule has 2 N–H and O–H groups in total. The lowest BCUT2D eigenvalue weighted by atomic mass is 10.3. The van der Waals surface area contributed by atoms with Crippen LogP contribution in [0.2, 0.25) is 0 Å². The Hall–Kier alpha value is -2.18. The first kappa shape index (κ1) is 11.3. The molecule has 0 saturated heterocycles. The minimum absolute atomic E-state index is 0.595. The first-order valence-electron chi connectivity index (χ1n) is 5.30. The predicted octanol–water partition coefficient (Wildman–Crippen LogP) is 0.864. The normalized spacial score (nSPS) is 10.2. The number of nitrogens with zero attached hydrogens (tertiary/aromatic N) is 4. The van der Waals surface area contributed by atoms with Crippen LogP contribution in [0.4, 0.5) is 11.8 Å². The fourth-order valence-corrected chi connectivity index (χ4v) is 1.34. The van der Waals surface area contributed by atoms with Crippen molar-refractivity contribution in [3.8, 4) is 0 Å². The lowest BCUT2D eigenvalue weighted by Crippen LogP contribution is -2.10. The van der Waals surface area contributed by atoms with Gasteiger partial charge in [0.25, 0.3) is 0 Å². The highest BCUT2D eigenvalue weighted by molar-refractivity contribution is 5.46. The molecule has 0 aliphatic heterocycles. The minimum atomic E-state index is 0.595. The second kappa shape index (κ2) is 5.24. The molecule has 0 bridgehead atoms. The maximum Gasteiger partial charge on any atom is 0.224 e. The molecule has 0 spiro atoms. The summed E-state index contributed by atoms with van der Waals surface area (Å²) in [5, 5.41) is 9.84. The van der Waals surface area contributed by atoms with Crippen LogP contribution in [0.1, 0.15) is 11.4 Å². The van der Waals surface area contributed by atoms with Crippen LogP contribution in [-0.2, 0) is 6.42 Å². The number of aromatic nitrogens is 4. The quantitative estimate of drug-likeness (QED) is 0.793. The Kier molecular flexibility index (Phi) is 3.49. The number of hydrogen-bond donors (Lipinski definition) is 2. The molecular formula is C10H14N6O. The van der Waals surface area contributed by atoms with E-state index in [1.807, 2.05) is 6.92 Å². The van der Waals surface area contributed by atoms with E-state index in [1.54, 1.807) is 13.2 Å². The Balaban J connectivity index is 1.94. The highest BCUT2D eigenvalue weighted by atomic mass is 16.5. The SMILES string of the molecule is CNc1ncc(C)c(NCCc2ncon2)n1. The van der Waals surface area contributed by atoms with Crippen molar-refractivity contribution in [2.75, 3.05) is 24.2 Å². The molecule has 7 nitrogen and oxygen atoms in total. The lowest BCUT2D eigenvalue weighted by Gasteiger charge is -2.08. The van der Waals surface area contributed by atoms with Crippen molar-refractivity contribution in [3.63, 3.8) is 0 Å². The first-order valence-corrected chi connectivity index (χ1v) is 5.30. The average Bonchev–Trinajstić information content (AvgIpc) is 2.84. The summed E-state index contributed by atoms with van der Waals surface area (Å²) < 4.78 is 4.65. The summed E-state index contributed by atoms with van der Waals surface area (Å²) in [7, 11) is 1.79. The molecule has 17 heavy (non-hydrogen) atoms. The van der Waals surface area contributed by atoms with E-state index in [0.717, 1.165) is 11.4 Å². The van der Waals surface area contributed by atoms with Crippen molar-refractivity contribution in [1.29, 1.82) is 0 Å². The Morgan fingerprint density at radius 3 is 2.94 bits per heavy atom. The summed E-state index contributed by atoms with van der Waals surface area (Å²) in [5.74, 6) is 2.09. The maximum atomic E-state index is 4.65. The summed E-state index contributed by atoms with van der Waals surface area (Å²) in [6.45, 7) is 2.65. The van der Waals surface area contributed by atoms with E-state index in [0.29, 0.717) is 24.7 Å². The number of nitrogens with one attached hydrogen (secondary N) is 2. The van der Waals surface area contributed by atoms with Crippen molar-refractivity contribution in [2.45, 2.75) is 13.3 Å². The third-order valence-electron chi connectivity index (χ3n) is 2.24. The molecule has 0 aromatic carbocycles. The highest BCUT2D eigenvalue weighted by Gasteiger charge is 2.03. The van der Waals surface area contributed by atoms with Crippen molar-refractivity contribution in [2.24, 2.45) is 0 Å². The van der Waals surface area contributed by atoms with Gasteiger partial charge in [-0.3, -0.25) is 0 Å². The van der Waals surface area contributed by atoms with Gasteiger partial charge in [-0.15, -0.1) is 0 Å². The number of aryl methyl sites for hydroxylation is 1. The molecule has 0 aliphatic carbocycles. The molecule has 0 atom stereocenters. The van der Waals surface area contributed by atoms with Gasteiger partial charge in [-0.25, -0.2) is 4.98 Å². The van der Waals surface area contributed by atoms with E-state index >= 15 is 0 Å². The van der Waals surface area contributed by atoms with Crippen molar-refractivity contribution in [3.05, 3.63) is 24.0 Å². The number of rotatable bonds is 5. The van der Waals surface area contributed by atoms with Gasteiger partial charge < -0.3 is 15.2 Å². The summed E-state index contributed by atoms with van der Waals surface area (Å²) >= 11 is 0. The van der Waals surface area contributed by atoms with Crippen LogP contribution in [0.25, 0.3) is 0 Å². The molecule has 2 aromatic heterocycles. The van der Waals surface area contributed by atoms with Gasteiger partial charge in [0.05, 0.1) is 0 Å². The monoisotopic (exact) mass is 234 g/mol. The van der Waals surface area contributed by atoms with Gasteiger partial charge in [-0.1, -0.05) is 5.16 Å². The zero-order valence-electron chi connectivity index (χ0n) is 9.77. The zero-order valence-corrected chi connectivity index (χ0v) is 9.77. The molecule has 0 aliphatic rings. The van der Waals surface area contributed by atoms with E-state index in [2.05, 4.69) is 35.3 Å². The van der Waals surface area contributed by atoms with Crippen molar-refractivity contribution < 1.29 is 4.52 Å². The Bertz CT molecular complexity index is 470.